The zero-order valence-corrected chi connectivity index (χ0v) is 13.4. The molecule has 0 N–H and O–H groups in total. The minimum atomic E-state index is -0.0957. The number of aryl methyl sites for hydroxylation is 3. The van der Waals surface area contributed by atoms with Crippen molar-refractivity contribution in [2.45, 2.75) is 27.2 Å². The Morgan fingerprint density at radius 3 is 2.33 bits per heavy atom. The van der Waals surface area contributed by atoms with Gasteiger partial charge in [-0.15, -0.1) is 0 Å². The van der Waals surface area contributed by atoms with E-state index in [1.807, 2.05) is 32.9 Å². The van der Waals surface area contributed by atoms with Gasteiger partial charge in [-0.05, 0) is 38.0 Å². The van der Waals surface area contributed by atoms with Crippen LogP contribution in [0.15, 0.2) is 18.2 Å². The van der Waals surface area contributed by atoms with Crippen LogP contribution in [0.4, 0.5) is 0 Å². The SMILES string of the molecule is Cc1cc(C)c(C(=O)c2c(Cl)cc(CC#N)n2C)c(C)c1. The quantitative estimate of drug-likeness (QED) is 0.807. The number of nitriles is 1. The summed E-state index contributed by atoms with van der Waals surface area (Å²) in [6.45, 7) is 5.87. The number of hydrogen-bond donors (Lipinski definition) is 0. The van der Waals surface area contributed by atoms with E-state index in [0.29, 0.717) is 16.3 Å². The molecule has 2 aromatic rings. The maximum atomic E-state index is 12.9. The van der Waals surface area contributed by atoms with E-state index in [0.717, 1.165) is 22.4 Å². The molecule has 2 rings (SSSR count). The third-order valence-electron chi connectivity index (χ3n) is 3.67. The number of ketones is 1. The van der Waals surface area contributed by atoms with Gasteiger partial charge >= 0.3 is 0 Å². The number of hydrogen-bond acceptors (Lipinski definition) is 2. The zero-order valence-electron chi connectivity index (χ0n) is 12.6. The van der Waals surface area contributed by atoms with Crippen LogP contribution in [0.3, 0.4) is 0 Å². The third-order valence-corrected chi connectivity index (χ3v) is 3.95. The van der Waals surface area contributed by atoms with Crippen molar-refractivity contribution in [1.82, 2.24) is 4.57 Å². The van der Waals surface area contributed by atoms with Crippen LogP contribution in [0, 0.1) is 32.1 Å². The van der Waals surface area contributed by atoms with Crippen LogP contribution in [0.1, 0.15) is 38.4 Å². The lowest BCUT2D eigenvalue weighted by molar-refractivity contribution is 0.103. The molecule has 4 heteroatoms. The fraction of sp³-hybridized carbons (Fsp3) is 0.294. The molecule has 0 atom stereocenters. The Hall–Kier alpha value is -2.05. The van der Waals surface area contributed by atoms with E-state index >= 15 is 0 Å². The molecule has 0 fully saturated rings. The van der Waals surface area contributed by atoms with Crippen LogP contribution >= 0.6 is 11.6 Å². The highest BCUT2D eigenvalue weighted by molar-refractivity contribution is 6.35. The molecule has 108 valence electrons. The molecule has 0 bridgehead atoms. The second-order valence-corrected chi connectivity index (χ2v) is 5.74. The molecule has 21 heavy (non-hydrogen) atoms. The highest BCUT2D eigenvalue weighted by Gasteiger charge is 2.22. The first kappa shape index (κ1) is 15.3. The molecule has 3 nitrogen and oxygen atoms in total. The van der Waals surface area contributed by atoms with Crippen LogP contribution in [0.5, 0.6) is 0 Å². The van der Waals surface area contributed by atoms with Crippen molar-refractivity contribution in [2.75, 3.05) is 0 Å². The Kier molecular flexibility index (Phi) is 4.20. The van der Waals surface area contributed by atoms with Gasteiger partial charge in [0.1, 0.15) is 5.69 Å². The van der Waals surface area contributed by atoms with E-state index in [4.69, 9.17) is 16.9 Å². The van der Waals surface area contributed by atoms with Crippen LogP contribution in [-0.2, 0) is 13.5 Å². The predicted molar refractivity (Wildman–Crippen MR) is 83.8 cm³/mol. The molecule has 0 aliphatic heterocycles. The number of benzene rings is 1. The Bertz CT molecular complexity index is 743. The summed E-state index contributed by atoms with van der Waals surface area (Å²) in [7, 11) is 1.77. The normalized spacial score (nSPS) is 10.5. The average molecular weight is 301 g/mol. The summed E-state index contributed by atoms with van der Waals surface area (Å²) in [5.74, 6) is -0.0957. The van der Waals surface area contributed by atoms with E-state index in [2.05, 4.69) is 6.07 Å². The molecule has 0 spiro atoms. The number of halogens is 1. The van der Waals surface area contributed by atoms with Gasteiger partial charge in [0.25, 0.3) is 0 Å². The lowest BCUT2D eigenvalue weighted by Crippen LogP contribution is -2.12. The molecule has 0 amide bonds. The zero-order chi connectivity index (χ0) is 15.7. The van der Waals surface area contributed by atoms with Gasteiger partial charge in [0.05, 0.1) is 17.5 Å². The first-order chi connectivity index (χ1) is 9.86. The van der Waals surface area contributed by atoms with Crippen molar-refractivity contribution in [1.29, 1.82) is 5.26 Å². The molecule has 1 aromatic carbocycles. The largest absolute Gasteiger partial charge is 0.343 e. The van der Waals surface area contributed by atoms with Gasteiger partial charge in [-0.2, -0.15) is 5.26 Å². The summed E-state index contributed by atoms with van der Waals surface area (Å²) in [6, 6.07) is 7.76. The van der Waals surface area contributed by atoms with Crippen molar-refractivity contribution in [3.63, 3.8) is 0 Å². The molecular weight excluding hydrogens is 284 g/mol. The standard InChI is InChI=1S/C17H17ClN2O/c1-10-7-11(2)15(12(3)8-10)17(21)16-14(18)9-13(5-6-19)20(16)4/h7-9H,5H2,1-4H3. The van der Waals surface area contributed by atoms with Crippen molar-refractivity contribution >= 4 is 17.4 Å². The van der Waals surface area contributed by atoms with Gasteiger partial charge in [0, 0.05) is 18.3 Å². The molecule has 0 aliphatic rings. The lowest BCUT2D eigenvalue weighted by atomic mass is 9.95. The third kappa shape index (κ3) is 2.72. The van der Waals surface area contributed by atoms with Gasteiger partial charge in [-0.1, -0.05) is 29.3 Å². The Balaban J connectivity index is 2.59. The maximum absolute atomic E-state index is 12.9. The fourth-order valence-corrected chi connectivity index (χ4v) is 3.12. The Morgan fingerprint density at radius 2 is 1.81 bits per heavy atom. The summed E-state index contributed by atoms with van der Waals surface area (Å²) in [5, 5.41) is 9.22. The monoisotopic (exact) mass is 300 g/mol. The number of aromatic nitrogens is 1. The number of carbonyl (C=O) groups excluding carboxylic acids is 1. The minimum absolute atomic E-state index is 0.0957. The Morgan fingerprint density at radius 1 is 1.24 bits per heavy atom. The number of nitrogens with zero attached hydrogens (tertiary/aromatic N) is 2. The molecule has 0 saturated heterocycles. The van der Waals surface area contributed by atoms with Crippen molar-refractivity contribution < 1.29 is 4.79 Å². The highest BCUT2D eigenvalue weighted by Crippen LogP contribution is 2.27. The summed E-state index contributed by atoms with van der Waals surface area (Å²) in [4.78, 5) is 12.9. The molecule has 1 heterocycles. The van der Waals surface area contributed by atoms with Gasteiger partial charge < -0.3 is 4.57 Å². The summed E-state index contributed by atoms with van der Waals surface area (Å²) in [6.07, 6.45) is 0.232. The van der Waals surface area contributed by atoms with Crippen LogP contribution < -0.4 is 0 Å². The van der Waals surface area contributed by atoms with Gasteiger partial charge in [-0.25, -0.2) is 0 Å². The summed E-state index contributed by atoms with van der Waals surface area (Å²) in [5.41, 5.74) is 4.88. The van der Waals surface area contributed by atoms with Gasteiger partial charge in [0.15, 0.2) is 0 Å². The van der Waals surface area contributed by atoms with Crippen LogP contribution in [-0.4, -0.2) is 10.4 Å². The Labute approximate surface area is 129 Å². The maximum Gasteiger partial charge on any atom is 0.211 e. The van der Waals surface area contributed by atoms with Crippen LogP contribution in [0.2, 0.25) is 5.02 Å². The molecule has 0 saturated carbocycles. The topological polar surface area (TPSA) is 45.8 Å². The fourth-order valence-electron chi connectivity index (χ4n) is 2.78. The predicted octanol–water partition coefficient (Wildman–Crippen LogP) is 3.90. The molecule has 1 aromatic heterocycles. The number of carbonyl (C=O) groups is 1. The van der Waals surface area contributed by atoms with E-state index < -0.39 is 0 Å². The van der Waals surface area contributed by atoms with Crippen LogP contribution in [0.25, 0.3) is 0 Å². The molecule has 0 unspecified atom stereocenters. The molecular formula is C17H17ClN2O. The first-order valence-electron chi connectivity index (χ1n) is 6.70. The summed E-state index contributed by atoms with van der Waals surface area (Å²) >= 11 is 6.22. The van der Waals surface area contributed by atoms with Gasteiger partial charge in [0.2, 0.25) is 5.78 Å². The van der Waals surface area contributed by atoms with Crippen molar-refractivity contribution in [3.05, 3.63) is 56.9 Å². The van der Waals surface area contributed by atoms with Crippen molar-refractivity contribution in [2.24, 2.45) is 7.05 Å². The van der Waals surface area contributed by atoms with E-state index in [9.17, 15) is 4.79 Å². The lowest BCUT2D eigenvalue weighted by Gasteiger charge is -2.12. The highest BCUT2D eigenvalue weighted by atomic mass is 35.5. The summed E-state index contributed by atoms with van der Waals surface area (Å²) < 4.78 is 1.71. The van der Waals surface area contributed by atoms with E-state index in [1.54, 1.807) is 17.7 Å². The minimum Gasteiger partial charge on any atom is -0.343 e. The second-order valence-electron chi connectivity index (χ2n) is 5.33. The smallest absolute Gasteiger partial charge is 0.211 e. The second kappa shape index (κ2) is 5.75. The molecule has 0 aliphatic carbocycles. The van der Waals surface area contributed by atoms with Crippen molar-refractivity contribution in [3.8, 4) is 6.07 Å². The average Bonchev–Trinajstić information content (AvgIpc) is 2.63. The van der Waals surface area contributed by atoms with E-state index in [-0.39, 0.29) is 12.2 Å². The number of rotatable bonds is 3. The van der Waals surface area contributed by atoms with E-state index in [1.165, 1.54) is 0 Å². The molecule has 0 radical (unpaired) electrons. The van der Waals surface area contributed by atoms with Gasteiger partial charge in [-0.3, -0.25) is 4.79 Å². The first-order valence-corrected chi connectivity index (χ1v) is 7.08.